The average Bonchev–Trinajstić information content (AvgIpc) is 2.70. The molecule has 0 aliphatic heterocycles. The Bertz CT molecular complexity index is 639. The second kappa shape index (κ2) is 14.0. The first-order valence-corrected chi connectivity index (χ1v) is 10.8. The lowest BCUT2D eigenvalue weighted by atomic mass is 10.1. The molecule has 0 aliphatic rings. The smallest absolute Gasteiger partial charge is 0.303 e. The number of hydrogen-bond acceptors (Lipinski definition) is 3. The number of rotatable bonds is 14. The summed E-state index contributed by atoms with van der Waals surface area (Å²) in [5, 5.41) is 12.3. The number of benzene rings is 1. The highest BCUT2D eigenvalue weighted by atomic mass is 35.5. The molecule has 1 atom stereocenters. The molecule has 2 N–H and O–H groups in total. The third-order valence-electron chi connectivity index (χ3n) is 4.73. The third kappa shape index (κ3) is 9.79. The maximum atomic E-state index is 13.2. The summed E-state index contributed by atoms with van der Waals surface area (Å²) >= 11 is 5.86. The van der Waals surface area contributed by atoms with Gasteiger partial charge in [-0.3, -0.25) is 14.4 Å². The van der Waals surface area contributed by atoms with Crippen LogP contribution in [0.2, 0.25) is 5.02 Å². The van der Waals surface area contributed by atoms with Crippen LogP contribution >= 0.6 is 11.6 Å². The van der Waals surface area contributed by atoms with E-state index < -0.39 is 17.9 Å². The van der Waals surface area contributed by atoms with Crippen LogP contribution in [0.4, 0.5) is 0 Å². The lowest BCUT2D eigenvalue weighted by Gasteiger charge is -2.28. The molecule has 6 nitrogen and oxygen atoms in total. The Hall–Kier alpha value is -2.08. The number of amides is 2. The van der Waals surface area contributed by atoms with Crippen molar-refractivity contribution in [3.8, 4) is 0 Å². The fourth-order valence-corrected chi connectivity index (χ4v) is 3.15. The number of carboxylic acid groups (broad SMARTS) is 1. The highest BCUT2D eigenvalue weighted by Crippen LogP contribution is 2.12. The van der Waals surface area contributed by atoms with Crippen LogP contribution < -0.4 is 5.32 Å². The molecule has 0 heterocycles. The van der Waals surface area contributed by atoms with Gasteiger partial charge in [-0.05, 0) is 43.5 Å². The van der Waals surface area contributed by atoms with Crippen LogP contribution in [0.5, 0.6) is 0 Å². The number of carboxylic acids is 1. The Labute approximate surface area is 178 Å². The lowest BCUT2D eigenvalue weighted by Crippen LogP contribution is -2.49. The number of nitrogens with zero attached hydrogens (tertiary/aromatic N) is 1. The summed E-state index contributed by atoms with van der Waals surface area (Å²) in [5.74, 6) is -1.61. The van der Waals surface area contributed by atoms with Crippen molar-refractivity contribution in [3.63, 3.8) is 0 Å². The van der Waals surface area contributed by atoms with E-state index in [9.17, 15) is 14.4 Å². The Morgan fingerprint density at radius 2 is 1.55 bits per heavy atom. The Kier molecular flexibility index (Phi) is 12.0. The first kappa shape index (κ1) is 25.0. The van der Waals surface area contributed by atoms with Crippen molar-refractivity contribution in [3.05, 3.63) is 34.9 Å². The minimum atomic E-state index is -0.993. The molecule has 0 aliphatic carbocycles. The van der Waals surface area contributed by atoms with E-state index in [4.69, 9.17) is 16.7 Å². The van der Waals surface area contributed by atoms with Crippen molar-refractivity contribution in [1.82, 2.24) is 10.2 Å². The van der Waals surface area contributed by atoms with E-state index in [0.717, 1.165) is 38.5 Å². The summed E-state index contributed by atoms with van der Waals surface area (Å²) in [6.45, 7) is 5.45. The van der Waals surface area contributed by atoms with Crippen molar-refractivity contribution in [1.29, 1.82) is 0 Å². The van der Waals surface area contributed by atoms with Gasteiger partial charge in [-0.1, -0.05) is 51.1 Å². The Morgan fingerprint density at radius 1 is 1.00 bits per heavy atom. The molecule has 0 aromatic heterocycles. The molecule has 0 spiro atoms. The minimum absolute atomic E-state index is 0.0611. The van der Waals surface area contributed by atoms with E-state index in [1.165, 1.54) is 0 Å². The standard InChI is InChI=1S/C22H33ClN2O4/c1-3-5-7-15-25(16-8-6-4-2)22(29)19(13-14-20(26)27)24-21(28)17-9-11-18(23)12-10-17/h9-12,19H,3-8,13-16H2,1-2H3,(H,24,28)(H,26,27)/t19-/m0/s1. The number of aliphatic carboxylic acids is 1. The number of carbonyl (C=O) groups excluding carboxylic acids is 2. The van der Waals surface area contributed by atoms with Crippen LogP contribution in [0, 0.1) is 0 Å². The molecule has 1 rings (SSSR count). The Morgan fingerprint density at radius 3 is 2.03 bits per heavy atom. The van der Waals surface area contributed by atoms with E-state index in [2.05, 4.69) is 19.2 Å². The molecule has 0 unspecified atom stereocenters. The summed E-state index contributed by atoms with van der Waals surface area (Å²) in [7, 11) is 0. The zero-order valence-corrected chi connectivity index (χ0v) is 18.2. The van der Waals surface area contributed by atoms with Gasteiger partial charge >= 0.3 is 5.97 Å². The number of halogens is 1. The number of hydrogen-bond donors (Lipinski definition) is 2. The van der Waals surface area contributed by atoms with Crippen LogP contribution in [-0.4, -0.2) is 46.9 Å². The molecule has 0 fully saturated rings. The molecule has 0 saturated heterocycles. The summed E-state index contributed by atoms with van der Waals surface area (Å²) in [6.07, 6.45) is 5.80. The van der Waals surface area contributed by atoms with Gasteiger partial charge in [0.2, 0.25) is 5.91 Å². The second-order valence-electron chi connectivity index (χ2n) is 7.20. The summed E-state index contributed by atoms with van der Waals surface area (Å²) in [5.41, 5.74) is 0.381. The maximum Gasteiger partial charge on any atom is 0.303 e. The monoisotopic (exact) mass is 424 g/mol. The van der Waals surface area contributed by atoms with Gasteiger partial charge in [0.25, 0.3) is 5.91 Å². The van der Waals surface area contributed by atoms with Gasteiger partial charge in [0.05, 0.1) is 0 Å². The van der Waals surface area contributed by atoms with Gasteiger partial charge in [0, 0.05) is 30.1 Å². The molecule has 162 valence electrons. The molecule has 29 heavy (non-hydrogen) atoms. The van der Waals surface area contributed by atoms with Gasteiger partial charge in [0.1, 0.15) is 6.04 Å². The molecular weight excluding hydrogens is 392 g/mol. The predicted octanol–water partition coefficient (Wildman–Crippen LogP) is 4.51. The Balaban J connectivity index is 2.90. The van der Waals surface area contributed by atoms with Crippen molar-refractivity contribution >= 4 is 29.4 Å². The van der Waals surface area contributed by atoms with E-state index >= 15 is 0 Å². The van der Waals surface area contributed by atoms with Gasteiger partial charge in [-0.15, -0.1) is 0 Å². The first-order chi connectivity index (χ1) is 13.9. The zero-order chi connectivity index (χ0) is 21.6. The number of carbonyl (C=O) groups is 3. The SMILES string of the molecule is CCCCCN(CCCCC)C(=O)[C@H](CCC(=O)O)NC(=O)c1ccc(Cl)cc1. The fraction of sp³-hybridized carbons (Fsp3) is 0.591. The van der Waals surface area contributed by atoms with Crippen molar-refractivity contribution in [2.45, 2.75) is 71.3 Å². The number of unbranched alkanes of at least 4 members (excludes halogenated alkanes) is 4. The maximum absolute atomic E-state index is 13.2. The molecule has 1 aromatic rings. The van der Waals surface area contributed by atoms with Crippen molar-refractivity contribution < 1.29 is 19.5 Å². The van der Waals surface area contributed by atoms with Crippen LogP contribution in [0.1, 0.15) is 75.6 Å². The summed E-state index contributed by atoms with van der Waals surface area (Å²) < 4.78 is 0. The molecule has 0 saturated carbocycles. The van der Waals surface area contributed by atoms with Gasteiger partial charge in [-0.25, -0.2) is 0 Å². The lowest BCUT2D eigenvalue weighted by molar-refractivity contribution is -0.138. The van der Waals surface area contributed by atoms with Crippen LogP contribution in [0.3, 0.4) is 0 Å². The molecule has 2 amide bonds. The van der Waals surface area contributed by atoms with E-state index in [0.29, 0.717) is 23.7 Å². The van der Waals surface area contributed by atoms with Gasteiger partial charge < -0.3 is 15.3 Å². The quantitative estimate of drug-likeness (QED) is 0.430. The average molecular weight is 425 g/mol. The second-order valence-corrected chi connectivity index (χ2v) is 7.64. The third-order valence-corrected chi connectivity index (χ3v) is 4.98. The number of nitrogens with one attached hydrogen (secondary N) is 1. The predicted molar refractivity (Wildman–Crippen MR) is 115 cm³/mol. The van der Waals surface area contributed by atoms with Gasteiger partial charge in [0.15, 0.2) is 0 Å². The molecule has 1 aromatic carbocycles. The largest absolute Gasteiger partial charge is 0.481 e. The summed E-state index contributed by atoms with van der Waals surface area (Å²) in [6, 6.07) is 5.50. The fourth-order valence-electron chi connectivity index (χ4n) is 3.03. The van der Waals surface area contributed by atoms with Crippen molar-refractivity contribution in [2.75, 3.05) is 13.1 Å². The van der Waals surface area contributed by atoms with E-state index in [1.54, 1.807) is 29.2 Å². The van der Waals surface area contributed by atoms with E-state index in [1.807, 2.05) is 0 Å². The summed E-state index contributed by atoms with van der Waals surface area (Å²) in [4.78, 5) is 38.6. The van der Waals surface area contributed by atoms with Gasteiger partial charge in [-0.2, -0.15) is 0 Å². The zero-order valence-electron chi connectivity index (χ0n) is 17.5. The normalized spacial score (nSPS) is 11.7. The van der Waals surface area contributed by atoms with Crippen LogP contribution in [0.25, 0.3) is 0 Å². The van der Waals surface area contributed by atoms with Crippen LogP contribution in [0.15, 0.2) is 24.3 Å². The molecule has 0 bridgehead atoms. The molecule has 0 radical (unpaired) electrons. The minimum Gasteiger partial charge on any atom is -0.481 e. The highest BCUT2D eigenvalue weighted by molar-refractivity contribution is 6.30. The highest BCUT2D eigenvalue weighted by Gasteiger charge is 2.26. The topological polar surface area (TPSA) is 86.7 Å². The molecule has 7 heteroatoms. The van der Waals surface area contributed by atoms with E-state index in [-0.39, 0.29) is 18.7 Å². The van der Waals surface area contributed by atoms with Crippen molar-refractivity contribution in [2.24, 2.45) is 0 Å². The first-order valence-electron chi connectivity index (χ1n) is 10.5. The molecular formula is C22H33ClN2O4. The van der Waals surface area contributed by atoms with Crippen LogP contribution in [-0.2, 0) is 9.59 Å².